The van der Waals surface area contributed by atoms with Crippen LogP contribution < -0.4 is 4.74 Å². The van der Waals surface area contributed by atoms with Crippen molar-refractivity contribution in [3.63, 3.8) is 0 Å². The van der Waals surface area contributed by atoms with E-state index < -0.39 is 0 Å². The van der Waals surface area contributed by atoms with Gasteiger partial charge in [0.1, 0.15) is 11.4 Å². The summed E-state index contributed by atoms with van der Waals surface area (Å²) in [6, 6.07) is 8.39. The third-order valence-electron chi connectivity index (χ3n) is 4.42. The number of ether oxygens (including phenoxy) is 1. The number of hydrogen-bond acceptors (Lipinski definition) is 2. The van der Waals surface area contributed by atoms with Gasteiger partial charge >= 0.3 is 0 Å². The summed E-state index contributed by atoms with van der Waals surface area (Å²) in [4.78, 5) is 2.63. The number of benzene rings is 1. The van der Waals surface area contributed by atoms with E-state index in [1.807, 2.05) is 0 Å². The minimum Gasteiger partial charge on any atom is -0.488 e. The molecule has 0 radical (unpaired) electrons. The number of aryl methyl sites for hydroxylation is 1. The smallest absolute Gasteiger partial charge is 0.120 e. The maximum absolute atomic E-state index is 6.26. The Kier molecular flexibility index (Phi) is 5.55. The van der Waals surface area contributed by atoms with Crippen LogP contribution in [-0.2, 0) is 0 Å². The predicted octanol–water partition coefficient (Wildman–Crippen LogP) is 5.05. The first-order valence-electron chi connectivity index (χ1n) is 8.74. The van der Waals surface area contributed by atoms with E-state index in [-0.39, 0.29) is 11.0 Å². The van der Waals surface area contributed by atoms with E-state index in [1.54, 1.807) is 0 Å². The summed E-state index contributed by atoms with van der Waals surface area (Å²) in [5.74, 6) is 0.976. The molecule has 1 aromatic rings. The third-order valence-corrected chi connectivity index (χ3v) is 4.42. The third kappa shape index (κ3) is 5.64. The Morgan fingerprint density at radius 1 is 0.955 bits per heavy atom. The molecule has 0 aromatic heterocycles. The van der Waals surface area contributed by atoms with E-state index in [2.05, 4.69) is 63.8 Å². The second-order valence-electron chi connectivity index (χ2n) is 8.35. The van der Waals surface area contributed by atoms with Gasteiger partial charge in [-0.05, 0) is 70.7 Å². The Balaban J connectivity index is 1.92. The molecule has 1 heterocycles. The molecule has 0 amide bonds. The summed E-state index contributed by atoms with van der Waals surface area (Å²) in [5.41, 5.74) is 1.40. The van der Waals surface area contributed by atoms with Crippen LogP contribution in [-0.4, -0.2) is 30.1 Å². The first kappa shape index (κ1) is 17.3. The summed E-state index contributed by atoms with van der Waals surface area (Å²) in [6.45, 7) is 15.0. The lowest BCUT2D eigenvalue weighted by Gasteiger charge is -2.39. The van der Waals surface area contributed by atoms with Gasteiger partial charge in [-0.15, -0.1) is 0 Å². The fourth-order valence-corrected chi connectivity index (χ4v) is 3.89. The molecule has 0 N–H and O–H groups in total. The summed E-state index contributed by atoms with van der Waals surface area (Å²) in [5, 5.41) is 0. The molecule has 0 atom stereocenters. The molecular weight excluding hydrogens is 270 g/mol. The van der Waals surface area contributed by atoms with Crippen LogP contribution in [0.15, 0.2) is 24.3 Å². The fraction of sp³-hybridized carbons (Fsp3) is 0.700. The van der Waals surface area contributed by atoms with Gasteiger partial charge in [-0.1, -0.05) is 38.0 Å². The second kappa shape index (κ2) is 7.04. The molecule has 2 nitrogen and oxygen atoms in total. The monoisotopic (exact) mass is 303 g/mol. The van der Waals surface area contributed by atoms with E-state index >= 15 is 0 Å². The summed E-state index contributed by atoms with van der Waals surface area (Å²) in [7, 11) is 0. The molecule has 1 saturated heterocycles. The zero-order chi connectivity index (χ0) is 16.2. The van der Waals surface area contributed by atoms with Crippen LogP contribution in [0.4, 0.5) is 0 Å². The van der Waals surface area contributed by atoms with Crippen LogP contribution in [0.2, 0.25) is 0 Å². The molecule has 1 fully saturated rings. The van der Waals surface area contributed by atoms with Gasteiger partial charge in [0.05, 0.1) is 0 Å². The van der Waals surface area contributed by atoms with Gasteiger partial charge in [-0.3, -0.25) is 0 Å². The highest BCUT2D eigenvalue weighted by Gasteiger charge is 2.32. The molecule has 1 aromatic carbocycles. The minimum atomic E-state index is -0.144. The second-order valence-corrected chi connectivity index (χ2v) is 8.35. The van der Waals surface area contributed by atoms with Crippen LogP contribution in [0.5, 0.6) is 5.75 Å². The maximum Gasteiger partial charge on any atom is 0.120 e. The quantitative estimate of drug-likeness (QED) is 0.728. The van der Waals surface area contributed by atoms with E-state index in [9.17, 15) is 0 Å². The predicted molar refractivity (Wildman–Crippen MR) is 94.6 cm³/mol. The first-order valence-corrected chi connectivity index (χ1v) is 8.74. The highest BCUT2D eigenvalue weighted by molar-refractivity contribution is 5.26. The standard InChI is InChI=1S/C20H33NO/c1-17-9-11-18(12-10-17)22-20(4,5)15-19(2,3)16-21-13-7-6-8-14-21/h9-12H,6-8,13-16H2,1-5H3. The highest BCUT2D eigenvalue weighted by atomic mass is 16.5. The average Bonchev–Trinajstić information content (AvgIpc) is 2.40. The van der Waals surface area contributed by atoms with Crippen LogP contribution in [0.3, 0.4) is 0 Å². The zero-order valence-corrected chi connectivity index (χ0v) is 15.1. The van der Waals surface area contributed by atoms with Crippen molar-refractivity contribution in [1.29, 1.82) is 0 Å². The molecule has 22 heavy (non-hydrogen) atoms. The Morgan fingerprint density at radius 3 is 2.14 bits per heavy atom. The molecule has 0 saturated carbocycles. The van der Waals surface area contributed by atoms with E-state index in [4.69, 9.17) is 4.74 Å². The van der Waals surface area contributed by atoms with Gasteiger partial charge in [-0.2, -0.15) is 0 Å². The van der Waals surface area contributed by atoms with Gasteiger partial charge in [0.2, 0.25) is 0 Å². The van der Waals surface area contributed by atoms with Crippen molar-refractivity contribution < 1.29 is 4.74 Å². The van der Waals surface area contributed by atoms with Crippen molar-refractivity contribution in [2.75, 3.05) is 19.6 Å². The molecular formula is C20H33NO. The van der Waals surface area contributed by atoms with Gasteiger partial charge in [0.15, 0.2) is 0 Å². The Hall–Kier alpha value is -1.02. The van der Waals surface area contributed by atoms with Crippen molar-refractivity contribution in [1.82, 2.24) is 4.90 Å². The number of nitrogens with zero attached hydrogens (tertiary/aromatic N) is 1. The first-order chi connectivity index (χ1) is 10.3. The van der Waals surface area contributed by atoms with E-state index in [0.29, 0.717) is 0 Å². The lowest BCUT2D eigenvalue weighted by Crippen LogP contribution is -2.42. The van der Waals surface area contributed by atoms with Gasteiger partial charge < -0.3 is 9.64 Å². The molecule has 124 valence electrons. The SMILES string of the molecule is Cc1ccc(OC(C)(C)CC(C)(C)CN2CCCCC2)cc1. The number of likely N-dealkylation sites (tertiary alicyclic amines) is 1. The topological polar surface area (TPSA) is 12.5 Å². The largest absolute Gasteiger partial charge is 0.488 e. The molecule has 1 aliphatic rings. The molecule has 2 heteroatoms. The number of piperidine rings is 1. The van der Waals surface area contributed by atoms with Crippen LogP contribution in [0, 0.1) is 12.3 Å². The molecule has 0 unspecified atom stereocenters. The average molecular weight is 303 g/mol. The lowest BCUT2D eigenvalue weighted by molar-refractivity contribution is 0.0369. The highest BCUT2D eigenvalue weighted by Crippen LogP contribution is 2.33. The van der Waals surface area contributed by atoms with Crippen molar-refractivity contribution in [3.05, 3.63) is 29.8 Å². The van der Waals surface area contributed by atoms with E-state index in [0.717, 1.165) is 12.2 Å². The molecule has 1 aliphatic heterocycles. The maximum atomic E-state index is 6.26. The number of hydrogen-bond donors (Lipinski definition) is 0. The normalized spacial score (nSPS) is 17.5. The van der Waals surface area contributed by atoms with Gasteiger partial charge in [-0.25, -0.2) is 0 Å². The van der Waals surface area contributed by atoms with Gasteiger partial charge in [0.25, 0.3) is 0 Å². The minimum absolute atomic E-state index is 0.144. The van der Waals surface area contributed by atoms with Crippen molar-refractivity contribution in [3.8, 4) is 5.75 Å². The Bertz CT molecular complexity index is 455. The molecule has 2 rings (SSSR count). The summed E-state index contributed by atoms with van der Waals surface area (Å²) in [6.07, 6.45) is 5.18. The molecule has 0 aliphatic carbocycles. The van der Waals surface area contributed by atoms with Crippen molar-refractivity contribution >= 4 is 0 Å². The summed E-state index contributed by atoms with van der Waals surface area (Å²) >= 11 is 0. The number of rotatable bonds is 6. The molecule has 0 bridgehead atoms. The van der Waals surface area contributed by atoms with Crippen molar-refractivity contribution in [2.45, 2.75) is 65.9 Å². The van der Waals surface area contributed by atoms with E-state index in [1.165, 1.54) is 44.5 Å². The fourth-order valence-electron chi connectivity index (χ4n) is 3.89. The van der Waals surface area contributed by atoms with Gasteiger partial charge in [0, 0.05) is 6.54 Å². The Labute approximate surface area is 136 Å². The van der Waals surface area contributed by atoms with Crippen LogP contribution in [0.25, 0.3) is 0 Å². The van der Waals surface area contributed by atoms with Crippen LogP contribution >= 0.6 is 0 Å². The van der Waals surface area contributed by atoms with Crippen molar-refractivity contribution in [2.24, 2.45) is 5.41 Å². The summed E-state index contributed by atoms with van der Waals surface area (Å²) < 4.78 is 6.26. The Morgan fingerprint density at radius 2 is 1.55 bits per heavy atom. The molecule has 0 spiro atoms. The lowest BCUT2D eigenvalue weighted by atomic mass is 9.81. The zero-order valence-electron chi connectivity index (χ0n) is 15.1. The van der Waals surface area contributed by atoms with Crippen LogP contribution in [0.1, 0.15) is 58.9 Å².